The molecule has 0 aliphatic carbocycles. The van der Waals surface area contributed by atoms with Crippen LogP contribution in [0.5, 0.6) is 0 Å². The molecule has 1 amide bonds. The minimum absolute atomic E-state index is 0.126. The minimum atomic E-state index is 0.126. The van der Waals surface area contributed by atoms with Gasteiger partial charge in [-0.3, -0.25) is 4.79 Å². The highest BCUT2D eigenvalue weighted by molar-refractivity contribution is 5.75. The zero-order valence-corrected chi connectivity index (χ0v) is 15.6. The van der Waals surface area contributed by atoms with Crippen LogP contribution >= 0.6 is 0 Å². The number of rotatable bonds is 17. The van der Waals surface area contributed by atoms with Crippen LogP contribution in [0.4, 0.5) is 0 Å². The fourth-order valence-corrected chi connectivity index (χ4v) is 2.48. The fraction of sp³-hybridized carbons (Fsp3) is 0.750. The van der Waals surface area contributed by atoms with E-state index in [1.807, 2.05) is 6.08 Å². The van der Waals surface area contributed by atoms with Gasteiger partial charge in [-0.05, 0) is 38.3 Å². The van der Waals surface area contributed by atoms with Gasteiger partial charge in [0, 0.05) is 26.1 Å². The van der Waals surface area contributed by atoms with Crippen molar-refractivity contribution in [3.8, 4) is 0 Å². The summed E-state index contributed by atoms with van der Waals surface area (Å²) in [5.74, 6) is 0.126. The van der Waals surface area contributed by atoms with Crippen LogP contribution in [0.1, 0.15) is 71.1 Å². The molecule has 0 saturated carbocycles. The van der Waals surface area contributed by atoms with Crippen molar-refractivity contribution >= 4 is 5.91 Å². The van der Waals surface area contributed by atoms with Gasteiger partial charge in [0.1, 0.15) is 0 Å². The molecule has 0 aromatic heterocycles. The van der Waals surface area contributed by atoms with Crippen LogP contribution in [-0.2, 0) is 4.79 Å². The van der Waals surface area contributed by atoms with Crippen LogP contribution in [0.15, 0.2) is 24.9 Å². The van der Waals surface area contributed by atoms with Gasteiger partial charge >= 0.3 is 0 Å². The minimum Gasteiger partial charge on any atom is -0.395 e. The van der Waals surface area contributed by atoms with Crippen LogP contribution < -0.4 is 5.32 Å². The Labute approximate surface area is 149 Å². The zero-order valence-electron chi connectivity index (χ0n) is 15.6. The van der Waals surface area contributed by atoms with Crippen molar-refractivity contribution in [2.75, 3.05) is 26.2 Å². The number of nitrogens with zero attached hydrogens (tertiary/aromatic N) is 1. The Morgan fingerprint density at radius 3 is 2.54 bits per heavy atom. The molecular formula is C20H38N2O2. The Bertz CT molecular complexity index is 330. The topological polar surface area (TPSA) is 52.6 Å². The molecule has 0 fully saturated rings. The smallest absolute Gasteiger partial charge is 0.220 e. The Morgan fingerprint density at radius 2 is 1.83 bits per heavy atom. The van der Waals surface area contributed by atoms with Gasteiger partial charge in [-0.15, -0.1) is 6.58 Å². The predicted molar refractivity (Wildman–Crippen MR) is 103 cm³/mol. The molecular weight excluding hydrogens is 300 g/mol. The SMILES string of the molecule is C=CCCCCCC(=O)NCCN(/C=C/CCCCCC)CCO. The van der Waals surface area contributed by atoms with Crippen LogP contribution in [0.3, 0.4) is 0 Å². The summed E-state index contributed by atoms with van der Waals surface area (Å²) in [7, 11) is 0. The second kappa shape index (κ2) is 18.1. The van der Waals surface area contributed by atoms with E-state index in [0.717, 1.165) is 38.6 Å². The van der Waals surface area contributed by atoms with Crippen molar-refractivity contribution in [3.63, 3.8) is 0 Å². The molecule has 0 radical (unpaired) electrons. The van der Waals surface area contributed by atoms with Crippen LogP contribution in [0.2, 0.25) is 0 Å². The van der Waals surface area contributed by atoms with Crippen molar-refractivity contribution < 1.29 is 9.90 Å². The molecule has 4 nitrogen and oxygen atoms in total. The van der Waals surface area contributed by atoms with Gasteiger partial charge in [-0.2, -0.15) is 0 Å². The molecule has 0 aromatic rings. The number of nitrogens with one attached hydrogen (secondary N) is 1. The number of hydrogen-bond donors (Lipinski definition) is 2. The Balaban J connectivity index is 3.76. The first-order chi connectivity index (χ1) is 11.7. The van der Waals surface area contributed by atoms with Crippen molar-refractivity contribution in [3.05, 3.63) is 24.9 Å². The molecule has 0 spiro atoms. The third kappa shape index (κ3) is 15.6. The molecule has 140 valence electrons. The molecule has 0 aliphatic heterocycles. The maximum Gasteiger partial charge on any atom is 0.220 e. The molecule has 0 aromatic carbocycles. The Kier molecular flexibility index (Phi) is 17.1. The number of allylic oxidation sites excluding steroid dienone is 2. The molecule has 0 rings (SSSR count). The highest BCUT2D eigenvalue weighted by atomic mass is 16.3. The van der Waals surface area contributed by atoms with E-state index in [1.54, 1.807) is 0 Å². The summed E-state index contributed by atoms with van der Waals surface area (Å²) in [4.78, 5) is 13.8. The second-order valence-electron chi connectivity index (χ2n) is 6.23. The van der Waals surface area contributed by atoms with E-state index in [4.69, 9.17) is 5.11 Å². The second-order valence-corrected chi connectivity index (χ2v) is 6.23. The third-order valence-electron chi connectivity index (χ3n) is 3.96. The summed E-state index contributed by atoms with van der Waals surface area (Å²) in [6.07, 6.45) is 17.1. The van der Waals surface area contributed by atoms with Crippen molar-refractivity contribution in [1.29, 1.82) is 0 Å². The van der Waals surface area contributed by atoms with Crippen molar-refractivity contribution in [1.82, 2.24) is 10.2 Å². The highest BCUT2D eigenvalue weighted by Gasteiger charge is 2.02. The van der Waals surface area contributed by atoms with Crippen molar-refractivity contribution in [2.24, 2.45) is 0 Å². The number of hydrogen-bond acceptors (Lipinski definition) is 3. The largest absolute Gasteiger partial charge is 0.395 e. The van der Waals surface area contributed by atoms with Gasteiger partial charge in [0.2, 0.25) is 5.91 Å². The number of carbonyl (C=O) groups is 1. The molecule has 0 saturated heterocycles. The van der Waals surface area contributed by atoms with E-state index >= 15 is 0 Å². The summed E-state index contributed by atoms with van der Waals surface area (Å²) in [5, 5.41) is 12.1. The normalized spacial score (nSPS) is 10.9. The molecule has 0 bridgehead atoms. The van der Waals surface area contributed by atoms with Gasteiger partial charge in [0.25, 0.3) is 0 Å². The van der Waals surface area contributed by atoms with E-state index in [9.17, 15) is 4.79 Å². The summed E-state index contributed by atoms with van der Waals surface area (Å²) in [6.45, 7) is 8.04. The van der Waals surface area contributed by atoms with Crippen LogP contribution in [0, 0.1) is 0 Å². The van der Waals surface area contributed by atoms with Crippen LogP contribution in [0.25, 0.3) is 0 Å². The molecule has 0 unspecified atom stereocenters. The van der Waals surface area contributed by atoms with Gasteiger partial charge in [0.15, 0.2) is 0 Å². The first kappa shape index (κ1) is 22.7. The Morgan fingerprint density at radius 1 is 1.08 bits per heavy atom. The number of amides is 1. The van der Waals surface area contributed by atoms with E-state index in [0.29, 0.717) is 19.5 Å². The van der Waals surface area contributed by atoms with Gasteiger partial charge in [-0.25, -0.2) is 0 Å². The predicted octanol–water partition coefficient (Wildman–Crippen LogP) is 4.02. The standard InChI is InChI=1S/C20H38N2O2/c1-3-5-7-9-11-13-16-22(18-19-23)17-15-21-20(24)14-12-10-8-6-4-2/h4,13,16,23H,2-3,5-12,14-15,17-19H2,1H3,(H,21,24)/b16-13+. The maximum absolute atomic E-state index is 11.8. The third-order valence-corrected chi connectivity index (χ3v) is 3.96. The number of aliphatic hydroxyl groups is 1. The maximum atomic E-state index is 11.8. The molecule has 0 aliphatic rings. The molecule has 0 heterocycles. The van der Waals surface area contributed by atoms with Gasteiger partial charge in [-0.1, -0.05) is 44.8 Å². The van der Waals surface area contributed by atoms with Gasteiger partial charge in [0.05, 0.1) is 6.61 Å². The quantitative estimate of drug-likeness (QED) is 0.311. The average Bonchev–Trinajstić information content (AvgIpc) is 2.57. The molecule has 4 heteroatoms. The van der Waals surface area contributed by atoms with E-state index < -0.39 is 0 Å². The molecule has 2 N–H and O–H groups in total. The van der Waals surface area contributed by atoms with Gasteiger partial charge < -0.3 is 15.3 Å². The van der Waals surface area contributed by atoms with E-state index in [-0.39, 0.29) is 12.5 Å². The lowest BCUT2D eigenvalue weighted by Crippen LogP contribution is -2.33. The fourth-order valence-electron chi connectivity index (χ4n) is 2.48. The lowest BCUT2D eigenvalue weighted by atomic mass is 10.1. The summed E-state index contributed by atoms with van der Waals surface area (Å²) < 4.78 is 0. The number of unbranched alkanes of at least 4 members (excludes halogenated alkanes) is 7. The number of carbonyl (C=O) groups excluding carboxylic acids is 1. The first-order valence-corrected chi connectivity index (χ1v) is 9.63. The lowest BCUT2D eigenvalue weighted by Gasteiger charge is -2.19. The first-order valence-electron chi connectivity index (χ1n) is 9.63. The lowest BCUT2D eigenvalue weighted by molar-refractivity contribution is -0.121. The highest BCUT2D eigenvalue weighted by Crippen LogP contribution is 2.04. The summed E-state index contributed by atoms with van der Waals surface area (Å²) in [6, 6.07) is 0. The summed E-state index contributed by atoms with van der Waals surface area (Å²) in [5.41, 5.74) is 0. The average molecular weight is 339 g/mol. The Hall–Kier alpha value is -1.29. The van der Waals surface area contributed by atoms with Crippen molar-refractivity contribution in [2.45, 2.75) is 71.1 Å². The zero-order chi connectivity index (χ0) is 17.9. The molecule has 0 atom stereocenters. The van der Waals surface area contributed by atoms with Crippen LogP contribution in [-0.4, -0.2) is 42.2 Å². The van der Waals surface area contributed by atoms with E-state index in [2.05, 4.69) is 36.0 Å². The van der Waals surface area contributed by atoms with E-state index in [1.165, 1.54) is 25.7 Å². The molecule has 24 heavy (non-hydrogen) atoms. The number of aliphatic hydroxyl groups excluding tert-OH is 1. The monoisotopic (exact) mass is 338 g/mol. The summed E-state index contributed by atoms with van der Waals surface area (Å²) >= 11 is 0.